The van der Waals surface area contributed by atoms with Gasteiger partial charge in [0.05, 0.1) is 24.4 Å². The lowest BCUT2D eigenvalue weighted by Gasteiger charge is -2.21. The van der Waals surface area contributed by atoms with Crippen LogP contribution in [0.2, 0.25) is 0 Å². The molecule has 0 saturated heterocycles. The second-order valence-corrected chi connectivity index (χ2v) is 7.47. The van der Waals surface area contributed by atoms with Gasteiger partial charge in [-0.3, -0.25) is 0 Å². The molecule has 0 aromatic heterocycles. The van der Waals surface area contributed by atoms with Gasteiger partial charge >= 0.3 is 0 Å². The number of methoxy groups -OCH3 is 2. The van der Waals surface area contributed by atoms with Gasteiger partial charge in [0, 0.05) is 17.9 Å². The highest BCUT2D eigenvalue weighted by molar-refractivity contribution is 9.10. The molecule has 1 rings (SSSR count). The summed E-state index contributed by atoms with van der Waals surface area (Å²) in [6.07, 6.45) is 1.22. The van der Waals surface area contributed by atoms with Crippen molar-refractivity contribution in [2.24, 2.45) is 0 Å². The molecule has 1 atom stereocenters. The van der Waals surface area contributed by atoms with Crippen LogP contribution in [0.5, 0.6) is 11.5 Å². The third-order valence-electron chi connectivity index (χ3n) is 2.80. The van der Waals surface area contributed by atoms with Gasteiger partial charge in [-0.1, -0.05) is 6.92 Å². The molecule has 0 amide bonds. The number of hydrogen-bond donors (Lipinski definition) is 1. The standard InChI is InChI=1S/C13H20BrNO4S/c1-5-15-11(8-20(4,16)17)9-6-13(19-3)10(14)7-12(9)18-2/h6-7,11,15H,5,8H2,1-4H3. The largest absolute Gasteiger partial charge is 0.496 e. The molecule has 0 aliphatic rings. The molecule has 0 heterocycles. The second kappa shape index (κ2) is 7.28. The number of benzene rings is 1. The van der Waals surface area contributed by atoms with Crippen LogP contribution >= 0.6 is 15.9 Å². The normalized spacial score (nSPS) is 13.1. The molecule has 7 heteroatoms. The van der Waals surface area contributed by atoms with Crippen LogP contribution in [0.25, 0.3) is 0 Å². The first-order valence-corrected chi connectivity index (χ1v) is 9.00. The van der Waals surface area contributed by atoms with Gasteiger partial charge < -0.3 is 14.8 Å². The molecule has 1 unspecified atom stereocenters. The molecular formula is C13H20BrNO4S. The summed E-state index contributed by atoms with van der Waals surface area (Å²) in [6.45, 7) is 2.58. The van der Waals surface area contributed by atoms with Crippen LogP contribution in [0, 0.1) is 0 Å². The zero-order chi connectivity index (χ0) is 15.3. The Balaban J connectivity index is 3.30. The van der Waals surface area contributed by atoms with Gasteiger partial charge in [-0.25, -0.2) is 8.42 Å². The van der Waals surface area contributed by atoms with E-state index in [1.54, 1.807) is 26.4 Å². The average Bonchev–Trinajstić information content (AvgIpc) is 2.36. The van der Waals surface area contributed by atoms with E-state index in [1.165, 1.54) is 6.26 Å². The predicted molar refractivity (Wildman–Crippen MR) is 83.4 cm³/mol. The number of hydrogen-bond acceptors (Lipinski definition) is 5. The molecule has 1 aromatic rings. The van der Waals surface area contributed by atoms with Gasteiger partial charge in [0.15, 0.2) is 0 Å². The quantitative estimate of drug-likeness (QED) is 0.801. The van der Waals surface area contributed by atoms with Crippen molar-refractivity contribution in [1.29, 1.82) is 0 Å². The molecule has 0 radical (unpaired) electrons. The van der Waals surface area contributed by atoms with Gasteiger partial charge in [0.25, 0.3) is 0 Å². The summed E-state index contributed by atoms with van der Waals surface area (Å²) >= 11 is 3.39. The minimum Gasteiger partial charge on any atom is -0.496 e. The van der Waals surface area contributed by atoms with E-state index in [-0.39, 0.29) is 11.8 Å². The highest BCUT2D eigenvalue weighted by atomic mass is 79.9. The van der Waals surface area contributed by atoms with Crippen molar-refractivity contribution in [2.45, 2.75) is 13.0 Å². The van der Waals surface area contributed by atoms with Gasteiger partial charge in [-0.15, -0.1) is 0 Å². The molecule has 0 spiro atoms. The first-order chi connectivity index (χ1) is 9.32. The summed E-state index contributed by atoms with van der Waals surface area (Å²) < 4.78 is 34.5. The summed E-state index contributed by atoms with van der Waals surface area (Å²) in [4.78, 5) is 0. The van der Waals surface area contributed by atoms with E-state index in [9.17, 15) is 8.42 Å². The fraction of sp³-hybridized carbons (Fsp3) is 0.538. The third kappa shape index (κ3) is 4.64. The van der Waals surface area contributed by atoms with E-state index < -0.39 is 9.84 Å². The van der Waals surface area contributed by atoms with Crippen molar-refractivity contribution >= 4 is 25.8 Å². The van der Waals surface area contributed by atoms with E-state index in [0.29, 0.717) is 18.0 Å². The maximum absolute atomic E-state index is 11.6. The van der Waals surface area contributed by atoms with Gasteiger partial charge in [0.2, 0.25) is 0 Å². The maximum atomic E-state index is 11.6. The van der Waals surface area contributed by atoms with E-state index in [0.717, 1.165) is 10.0 Å². The zero-order valence-electron chi connectivity index (χ0n) is 12.1. The molecule has 5 nitrogen and oxygen atoms in total. The predicted octanol–water partition coefficient (Wildman–Crippen LogP) is 2.16. The molecular weight excluding hydrogens is 346 g/mol. The Kier molecular flexibility index (Phi) is 6.29. The van der Waals surface area contributed by atoms with E-state index in [4.69, 9.17) is 9.47 Å². The van der Waals surface area contributed by atoms with Crippen LogP contribution < -0.4 is 14.8 Å². The van der Waals surface area contributed by atoms with Crippen molar-refractivity contribution < 1.29 is 17.9 Å². The van der Waals surface area contributed by atoms with Crippen LogP contribution in [0.3, 0.4) is 0 Å². The topological polar surface area (TPSA) is 64.6 Å². The lowest BCUT2D eigenvalue weighted by molar-refractivity contribution is 0.390. The highest BCUT2D eigenvalue weighted by Gasteiger charge is 2.22. The van der Waals surface area contributed by atoms with Crippen molar-refractivity contribution in [1.82, 2.24) is 5.32 Å². The SMILES string of the molecule is CCNC(CS(C)(=O)=O)c1cc(OC)c(Br)cc1OC. The molecule has 1 aromatic carbocycles. The summed E-state index contributed by atoms with van der Waals surface area (Å²) in [5.74, 6) is 1.26. The van der Waals surface area contributed by atoms with E-state index in [1.807, 2.05) is 6.92 Å². The average molecular weight is 366 g/mol. The third-order valence-corrected chi connectivity index (χ3v) is 4.36. The molecule has 20 heavy (non-hydrogen) atoms. The van der Waals surface area contributed by atoms with Crippen molar-refractivity contribution in [2.75, 3.05) is 32.8 Å². The highest BCUT2D eigenvalue weighted by Crippen LogP contribution is 2.36. The van der Waals surface area contributed by atoms with Gasteiger partial charge in [0.1, 0.15) is 21.3 Å². The van der Waals surface area contributed by atoms with E-state index >= 15 is 0 Å². The number of nitrogens with one attached hydrogen (secondary N) is 1. The molecule has 0 saturated carbocycles. The lowest BCUT2D eigenvalue weighted by Crippen LogP contribution is -2.28. The Bertz CT molecular complexity index is 560. The summed E-state index contributed by atoms with van der Waals surface area (Å²) in [5, 5.41) is 3.17. The van der Waals surface area contributed by atoms with Crippen LogP contribution in [-0.2, 0) is 9.84 Å². The Morgan fingerprint density at radius 2 is 1.85 bits per heavy atom. The van der Waals surface area contributed by atoms with Crippen LogP contribution in [-0.4, -0.2) is 41.2 Å². The van der Waals surface area contributed by atoms with Crippen molar-refractivity contribution in [3.05, 3.63) is 22.2 Å². The van der Waals surface area contributed by atoms with Crippen molar-refractivity contribution in [3.8, 4) is 11.5 Å². The molecule has 0 bridgehead atoms. The molecule has 114 valence electrons. The first-order valence-electron chi connectivity index (χ1n) is 6.14. The Hall–Kier alpha value is -0.790. The smallest absolute Gasteiger partial charge is 0.149 e. The summed E-state index contributed by atoms with van der Waals surface area (Å²) in [5.41, 5.74) is 0.764. The summed E-state index contributed by atoms with van der Waals surface area (Å²) in [6, 6.07) is 3.23. The molecule has 0 fully saturated rings. The Morgan fingerprint density at radius 1 is 1.25 bits per heavy atom. The number of rotatable bonds is 7. The molecule has 0 aliphatic heterocycles. The van der Waals surface area contributed by atoms with Crippen molar-refractivity contribution in [3.63, 3.8) is 0 Å². The fourth-order valence-corrected chi connectivity index (χ4v) is 3.35. The first kappa shape index (κ1) is 17.3. The zero-order valence-corrected chi connectivity index (χ0v) is 14.5. The van der Waals surface area contributed by atoms with E-state index in [2.05, 4.69) is 21.2 Å². The minimum atomic E-state index is -3.12. The van der Waals surface area contributed by atoms with Gasteiger partial charge in [-0.05, 0) is 34.6 Å². The van der Waals surface area contributed by atoms with Gasteiger partial charge in [-0.2, -0.15) is 0 Å². The Labute approximate surface area is 128 Å². The number of halogens is 1. The second-order valence-electron chi connectivity index (χ2n) is 4.43. The Morgan fingerprint density at radius 3 is 2.30 bits per heavy atom. The van der Waals surface area contributed by atoms with Crippen LogP contribution in [0.1, 0.15) is 18.5 Å². The molecule has 0 aliphatic carbocycles. The minimum absolute atomic E-state index is 0.00197. The lowest BCUT2D eigenvalue weighted by atomic mass is 10.1. The summed E-state index contributed by atoms with van der Waals surface area (Å²) in [7, 11) is 0.00245. The molecule has 1 N–H and O–H groups in total. The fourth-order valence-electron chi connectivity index (χ4n) is 1.96. The number of sulfone groups is 1. The van der Waals surface area contributed by atoms with Crippen LogP contribution in [0.4, 0.5) is 0 Å². The monoisotopic (exact) mass is 365 g/mol. The maximum Gasteiger partial charge on any atom is 0.149 e. The van der Waals surface area contributed by atoms with Crippen LogP contribution in [0.15, 0.2) is 16.6 Å². The number of ether oxygens (including phenoxy) is 2.